The van der Waals surface area contributed by atoms with Gasteiger partial charge in [0, 0.05) is 24.3 Å². The van der Waals surface area contributed by atoms with Crippen molar-refractivity contribution in [1.82, 2.24) is 4.57 Å². The van der Waals surface area contributed by atoms with E-state index in [1.54, 1.807) is 25.1 Å². The number of fused-ring (bicyclic) bond motifs is 1. The lowest BCUT2D eigenvalue weighted by molar-refractivity contribution is -0.385. The molecule has 13 nitrogen and oxygen atoms in total. The Morgan fingerprint density at radius 3 is 2.47 bits per heavy atom. The molecule has 228 valence electrons. The minimum absolute atomic E-state index is 0.00586. The summed E-state index contributed by atoms with van der Waals surface area (Å²) in [6, 6.07) is 6.72. The first-order valence-electron chi connectivity index (χ1n) is 13.1. The summed E-state index contributed by atoms with van der Waals surface area (Å²) in [5, 5.41) is 11.6. The van der Waals surface area contributed by atoms with Crippen LogP contribution in [0.15, 0.2) is 51.4 Å². The van der Waals surface area contributed by atoms with E-state index >= 15 is 0 Å². The number of nitro benzene ring substituents is 1. The molecule has 0 unspecified atom stereocenters. The van der Waals surface area contributed by atoms with Gasteiger partial charge in [0.15, 0.2) is 27.8 Å². The van der Waals surface area contributed by atoms with Crippen LogP contribution in [0.4, 0.5) is 5.69 Å². The van der Waals surface area contributed by atoms with Crippen molar-refractivity contribution >= 4 is 29.1 Å². The first-order chi connectivity index (χ1) is 20.7. The van der Waals surface area contributed by atoms with Crippen LogP contribution in [-0.4, -0.2) is 63.7 Å². The van der Waals surface area contributed by atoms with Crippen LogP contribution < -0.4 is 33.8 Å². The quantitative estimate of drug-likeness (QED) is 0.129. The number of para-hydroxylation sites is 1. The number of nitro groups is 1. The summed E-state index contributed by atoms with van der Waals surface area (Å²) in [7, 11) is 5.74. The number of thiazole rings is 1. The molecule has 1 aliphatic rings. The van der Waals surface area contributed by atoms with E-state index in [-0.39, 0.29) is 46.1 Å². The number of rotatable bonds is 12. The molecule has 0 spiro atoms. The third-order valence-corrected chi connectivity index (χ3v) is 7.55. The van der Waals surface area contributed by atoms with Gasteiger partial charge in [-0.1, -0.05) is 23.5 Å². The lowest BCUT2D eigenvalue weighted by Gasteiger charge is -2.27. The zero-order chi connectivity index (χ0) is 31.3. The van der Waals surface area contributed by atoms with Gasteiger partial charge in [-0.25, -0.2) is 9.79 Å². The standard InChI is InChI=1S/C29H31N3O10S/c1-7-41-26-19(9-8-10-20(26)38-4)24-23(28(34)42-12-11-37-3)16(2)30-29-31(24)27(33)22(43-29)14-17-13-18(32(35)36)15-21(39-5)25(17)40-6/h8-10,13-15,24H,7,11-12H2,1-6H3/b22-14+/t24-/m0/s1. The number of hydrogen-bond donors (Lipinski definition) is 0. The van der Waals surface area contributed by atoms with E-state index in [9.17, 15) is 19.7 Å². The van der Waals surface area contributed by atoms with Gasteiger partial charge in [0.1, 0.15) is 12.6 Å². The van der Waals surface area contributed by atoms with E-state index in [4.69, 9.17) is 28.4 Å². The van der Waals surface area contributed by atoms with Gasteiger partial charge >= 0.3 is 5.97 Å². The Balaban J connectivity index is 2.02. The Morgan fingerprint density at radius 2 is 1.84 bits per heavy atom. The van der Waals surface area contributed by atoms with Crippen molar-refractivity contribution in [3.63, 3.8) is 0 Å². The largest absolute Gasteiger partial charge is 0.493 e. The average Bonchev–Trinajstić information content (AvgIpc) is 3.29. The highest BCUT2D eigenvalue weighted by Crippen LogP contribution is 2.41. The number of carbonyl (C=O) groups excluding carboxylic acids is 1. The Kier molecular flexibility index (Phi) is 9.83. The minimum Gasteiger partial charge on any atom is -0.493 e. The van der Waals surface area contributed by atoms with Crippen LogP contribution in [0.2, 0.25) is 0 Å². The van der Waals surface area contributed by atoms with E-state index in [1.165, 1.54) is 51.2 Å². The number of non-ortho nitro benzene ring substituents is 1. The van der Waals surface area contributed by atoms with Crippen molar-refractivity contribution in [3.05, 3.63) is 82.5 Å². The van der Waals surface area contributed by atoms with Gasteiger partial charge in [0.05, 0.1) is 61.3 Å². The second-order valence-corrected chi connectivity index (χ2v) is 10.1. The topological polar surface area (TPSA) is 150 Å². The molecule has 43 heavy (non-hydrogen) atoms. The summed E-state index contributed by atoms with van der Waals surface area (Å²) < 4.78 is 34.3. The van der Waals surface area contributed by atoms with Gasteiger partial charge in [-0.05, 0) is 26.0 Å². The molecule has 3 aromatic rings. The maximum atomic E-state index is 14.1. The van der Waals surface area contributed by atoms with E-state index in [1.807, 2.05) is 6.92 Å². The van der Waals surface area contributed by atoms with Gasteiger partial charge in [0.2, 0.25) is 0 Å². The van der Waals surface area contributed by atoms with E-state index in [0.717, 1.165) is 11.3 Å². The van der Waals surface area contributed by atoms with Crippen LogP contribution in [0.5, 0.6) is 23.0 Å². The highest BCUT2D eigenvalue weighted by molar-refractivity contribution is 7.07. The summed E-state index contributed by atoms with van der Waals surface area (Å²) >= 11 is 1.05. The Morgan fingerprint density at radius 1 is 1.09 bits per heavy atom. The molecule has 1 atom stereocenters. The molecule has 0 fully saturated rings. The molecule has 0 N–H and O–H groups in total. The second-order valence-electron chi connectivity index (χ2n) is 9.05. The fourth-order valence-electron chi connectivity index (χ4n) is 4.71. The number of esters is 1. The molecule has 14 heteroatoms. The summed E-state index contributed by atoms with van der Waals surface area (Å²) in [6.45, 7) is 3.93. The molecule has 1 aliphatic heterocycles. The molecule has 0 saturated carbocycles. The van der Waals surface area contributed by atoms with E-state index < -0.39 is 22.5 Å². The van der Waals surface area contributed by atoms with E-state index in [2.05, 4.69) is 4.99 Å². The molecule has 2 heterocycles. The fourth-order valence-corrected chi connectivity index (χ4v) is 5.75. The normalized spacial score (nSPS) is 14.6. The van der Waals surface area contributed by atoms with Gasteiger partial charge < -0.3 is 28.4 Å². The van der Waals surface area contributed by atoms with Gasteiger partial charge in [0.25, 0.3) is 11.2 Å². The minimum atomic E-state index is -0.994. The van der Waals surface area contributed by atoms with Crippen LogP contribution in [-0.2, 0) is 14.3 Å². The van der Waals surface area contributed by atoms with Gasteiger partial charge in [-0.2, -0.15) is 0 Å². The molecule has 0 amide bonds. The number of ether oxygens (including phenoxy) is 6. The summed E-state index contributed by atoms with van der Waals surface area (Å²) in [6.07, 6.45) is 1.47. The number of carbonyl (C=O) groups is 1. The Labute approximate surface area is 250 Å². The Bertz CT molecular complexity index is 1760. The third kappa shape index (κ3) is 6.10. The highest BCUT2D eigenvalue weighted by atomic mass is 32.1. The van der Waals surface area contributed by atoms with Crippen molar-refractivity contribution in [1.29, 1.82) is 0 Å². The van der Waals surface area contributed by atoms with Crippen molar-refractivity contribution in [3.8, 4) is 23.0 Å². The second kappa shape index (κ2) is 13.5. The maximum Gasteiger partial charge on any atom is 0.338 e. The summed E-state index contributed by atoms with van der Waals surface area (Å²) in [5.74, 6) is 0.433. The third-order valence-electron chi connectivity index (χ3n) is 6.56. The molecule has 0 aliphatic carbocycles. The number of benzene rings is 2. The lowest BCUT2D eigenvalue weighted by Crippen LogP contribution is -2.40. The number of allylic oxidation sites excluding steroid dienone is 1. The smallest absolute Gasteiger partial charge is 0.338 e. The van der Waals surface area contributed by atoms with Crippen LogP contribution in [0.3, 0.4) is 0 Å². The highest BCUT2D eigenvalue weighted by Gasteiger charge is 2.36. The molecular formula is C29H31N3O10S. The Hall–Kier alpha value is -4.69. The van der Waals surface area contributed by atoms with Crippen LogP contribution in [0, 0.1) is 10.1 Å². The van der Waals surface area contributed by atoms with E-state index in [0.29, 0.717) is 34.2 Å². The molecule has 2 aromatic carbocycles. The summed E-state index contributed by atoms with van der Waals surface area (Å²) in [4.78, 5) is 43.6. The van der Waals surface area contributed by atoms with Crippen LogP contribution in [0.25, 0.3) is 6.08 Å². The number of hydrogen-bond acceptors (Lipinski definition) is 12. The predicted molar refractivity (Wildman–Crippen MR) is 157 cm³/mol. The number of nitrogens with zero attached hydrogens (tertiary/aromatic N) is 3. The van der Waals surface area contributed by atoms with Crippen molar-refractivity contribution in [2.24, 2.45) is 4.99 Å². The first-order valence-corrected chi connectivity index (χ1v) is 13.9. The van der Waals surface area contributed by atoms with Gasteiger partial charge in [-0.15, -0.1) is 0 Å². The van der Waals surface area contributed by atoms with Crippen LogP contribution in [0.1, 0.15) is 31.0 Å². The molecular weight excluding hydrogens is 582 g/mol. The maximum absolute atomic E-state index is 14.1. The van der Waals surface area contributed by atoms with Crippen molar-refractivity contribution in [2.45, 2.75) is 19.9 Å². The lowest BCUT2D eigenvalue weighted by atomic mass is 9.94. The molecule has 0 saturated heterocycles. The average molecular weight is 614 g/mol. The molecule has 4 rings (SSSR count). The number of methoxy groups -OCH3 is 4. The van der Waals surface area contributed by atoms with Gasteiger partial charge in [-0.3, -0.25) is 19.5 Å². The molecule has 1 aromatic heterocycles. The zero-order valence-electron chi connectivity index (χ0n) is 24.5. The monoisotopic (exact) mass is 613 g/mol. The van der Waals surface area contributed by atoms with Crippen LogP contribution >= 0.6 is 11.3 Å². The first kappa shape index (κ1) is 31.3. The van der Waals surface area contributed by atoms with Crippen molar-refractivity contribution < 1.29 is 38.1 Å². The van der Waals surface area contributed by atoms with Crippen molar-refractivity contribution in [2.75, 3.05) is 48.3 Å². The summed E-state index contributed by atoms with van der Waals surface area (Å²) in [5.41, 5.74) is 0.475. The molecule has 0 radical (unpaired) electrons. The zero-order valence-corrected chi connectivity index (χ0v) is 25.3. The predicted octanol–water partition coefficient (Wildman–Crippen LogP) is 2.76. The SMILES string of the molecule is CCOc1c(OC)cccc1[C@H]1C(C(=O)OCCOC)=C(C)N=c2s/c(=C/c3cc([N+](=O)[O-])cc(OC)c3OC)c(=O)n21. The number of aromatic nitrogens is 1. The fraction of sp³-hybridized carbons (Fsp3) is 0.345. The molecule has 0 bridgehead atoms.